The number of aryl methyl sites for hydroxylation is 2. The van der Waals surface area contributed by atoms with E-state index >= 15 is 0 Å². The SMILES string of the molecule is CCCCc1cccn1CC. The van der Waals surface area contributed by atoms with Crippen LogP contribution in [0.1, 0.15) is 32.4 Å². The topological polar surface area (TPSA) is 4.93 Å². The van der Waals surface area contributed by atoms with Crippen molar-refractivity contribution in [3.63, 3.8) is 0 Å². The van der Waals surface area contributed by atoms with Crippen molar-refractivity contribution in [2.24, 2.45) is 0 Å². The molecule has 0 unspecified atom stereocenters. The van der Waals surface area contributed by atoms with Crippen LogP contribution in [0.25, 0.3) is 0 Å². The predicted molar refractivity (Wildman–Crippen MR) is 48.7 cm³/mol. The Hall–Kier alpha value is -0.720. The van der Waals surface area contributed by atoms with Crippen LogP contribution < -0.4 is 0 Å². The highest BCUT2D eigenvalue weighted by Gasteiger charge is 1.96. The Balaban J connectivity index is 2.54. The third-order valence-electron chi connectivity index (χ3n) is 2.05. The van der Waals surface area contributed by atoms with Gasteiger partial charge in [-0.05, 0) is 31.9 Å². The zero-order chi connectivity index (χ0) is 8.10. The van der Waals surface area contributed by atoms with Crippen molar-refractivity contribution in [1.82, 2.24) is 4.57 Å². The predicted octanol–water partition coefficient (Wildman–Crippen LogP) is 2.85. The molecule has 1 aromatic rings. The second-order valence-electron chi connectivity index (χ2n) is 2.89. The molecule has 0 radical (unpaired) electrons. The lowest BCUT2D eigenvalue weighted by atomic mass is 10.2. The second-order valence-corrected chi connectivity index (χ2v) is 2.89. The average molecular weight is 151 g/mol. The summed E-state index contributed by atoms with van der Waals surface area (Å²) in [5.74, 6) is 0. The van der Waals surface area contributed by atoms with E-state index in [2.05, 4.69) is 36.7 Å². The Kier molecular flexibility index (Phi) is 3.21. The Labute approximate surface area is 69.0 Å². The van der Waals surface area contributed by atoms with Crippen LogP contribution in [0.5, 0.6) is 0 Å². The van der Waals surface area contributed by atoms with Crippen molar-refractivity contribution < 1.29 is 0 Å². The first-order valence-corrected chi connectivity index (χ1v) is 4.52. The molecule has 62 valence electrons. The first-order chi connectivity index (χ1) is 5.38. The smallest absolute Gasteiger partial charge is 0.0193 e. The summed E-state index contributed by atoms with van der Waals surface area (Å²) in [7, 11) is 0. The largest absolute Gasteiger partial charge is 0.352 e. The number of aromatic nitrogens is 1. The minimum atomic E-state index is 1.10. The Morgan fingerprint density at radius 1 is 1.36 bits per heavy atom. The summed E-state index contributed by atoms with van der Waals surface area (Å²) < 4.78 is 2.32. The third-order valence-corrected chi connectivity index (χ3v) is 2.05. The molecule has 0 aliphatic carbocycles. The van der Waals surface area contributed by atoms with Gasteiger partial charge in [-0.2, -0.15) is 0 Å². The molecule has 0 fully saturated rings. The Bertz CT molecular complexity index is 200. The second kappa shape index (κ2) is 4.22. The quantitative estimate of drug-likeness (QED) is 0.623. The van der Waals surface area contributed by atoms with Crippen LogP contribution >= 0.6 is 0 Å². The standard InChI is InChI=1S/C10H17N/c1-3-5-7-10-8-6-9-11(10)4-2/h6,8-9H,3-5,7H2,1-2H3. The van der Waals surface area contributed by atoms with Gasteiger partial charge < -0.3 is 4.57 Å². The van der Waals surface area contributed by atoms with Crippen molar-refractivity contribution in [2.45, 2.75) is 39.7 Å². The molecule has 0 saturated carbocycles. The normalized spacial score (nSPS) is 10.4. The number of hydrogen-bond donors (Lipinski definition) is 0. The maximum absolute atomic E-state index is 2.32. The Morgan fingerprint density at radius 2 is 2.18 bits per heavy atom. The maximum atomic E-state index is 2.32. The molecular formula is C10H17N. The van der Waals surface area contributed by atoms with Gasteiger partial charge in [0.05, 0.1) is 0 Å². The van der Waals surface area contributed by atoms with E-state index in [0.717, 1.165) is 6.54 Å². The van der Waals surface area contributed by atoms with Crippen molar-refractivity contribution in [2.75, 3.05) is 0 Å². The maximum Gasteiger partial charge on any atom is 0.0193 e. The molecule has 0 aliphatic heterocycles. The lowest BCUT2D eigenvalue weighted by molar-refractivity contribution is 0.680. The zero-order valence-corrected chi connectivity index (χ0v) is 7.51. The first-order valence-electron chi connectivity index (χ1n) is 4.52. The van der Waals surface area contributed by atoms with Gasteiger partial charge in [-0.25, -0.2) is 0 Å². The van der Waals surface area contributed by atoms with E-state index in [1.54, 1.807) is 0 Å². The molecule has 0 amide bonds. The fourth-order valence-electron chi connectivity index (χ4n) is 1.34. The molecule has 0 bridgehead atoms. The molecule has 11 heavy (non-hydrogen) atoms. The molecule has 0 saturated heterocycles. The number of nitrogens with zero attached hydrogens (tertiary/aromatic N) is 1. The number of rotatable bonds is 4. The highest BCUT2D eigenvalue weighted by Crippen LogP contribution is 2.06. The lowest BCUT2D eigenvalue weighted by Crippen LogP contribution is -1.98. The van der Waals surface area contributed by atoms with E-state index in [0.29, 0.717) is 0 Å². The molecular weight excluding hydrogens is 134 g/mol. The van der Waals surface area contributed by atoms with E-state index in [1.165, 1.54) is 25.0 Å². The fourth-order valence-corrected chi connectivity index (χ4v) is 1.34. The van der Waals surface area contributed by atoms with Gasteiger partial charge in [0.2, 0.25) is 0 Å². The summed E-state index contributed by atoms with van der Waals surface area (Å²) in [5, 5.41) is 0. The van der Waals surface area contributed by atoms with Crippen LogP contribution in [0.3, 0.4) is 0 Å². The molecule has 1 heteroatoms. The first kappa shape index (κ1) is 8.38. The number of hydrogen-bond acceptors (Lipinski definition) is 0. The van der Waals surface area contributed by atoms with Gasteiger partial charge >= 0.3 is 0 Å². The van der Waals surface area contributed by atoms with E-state index in [9.17, 15) is 0 Å². The summed E-state index contributed by atoms with van der Waals surface area (Å²) >= 11 is 0. The van der Waals surface area contributed by atoms with E-state index in [-0.39, 0.29) is 0 Å². The van der Waals surface area contributed by atoms with Gasteiger partial charge in [0.15, 0.2) is 0 Å². The van der Waals surface area contributed by atoms with Crippen molar-refractivity contribution in [3.05, 3.63) is 24.0 Å². The number of unbranched alkanes of at least 4 members (excludes halogenated alkanes) is 1. The molecule has 0 N–H and O–H groups in total. The summed E-state index contributed by atoms with van der Waals surface area (Å²) in [6.45, 7) is 5.53. The van der Waals surface area contributed by atoms with Crippen molar-refractivity contribution in [3.8, 4) is 0 Å². The molecule has 1 rings (SSSR count). The van der Waals surface area contributed by atoms with Crippen LogP contribution in [0.4, 0.5) is 0 Å². The summed E-state index contributed by atoms with van der Waals surface area (Å²) in [6.07, 6.45) is 5.99. The third kappa shape index (κ3) is 2.11. The average Bonchev–Trinajstić information content (AvgIpc) is 2.47. The minimum Gasteiger partial charge on any atom is -0.352 e. The Morgan fingerprint density at radius 3 is 2.82 bits per heavy atom. The molecule has 1 aromatic heterocycles. The zero-order valence-electron chi connectivity index (χ0n) is 7.51. The highest BCUT2D eigenvalue weighted by atomic mass is 14.9. The molecule has 0 aromatic carbocycles. The summed E-state index contributed by atoms with van der Waals surface area (Å²) in [6, 6.07) is 4.35. The van der Waals surface area contributed by atoms with E-state index in [4.69, 9.17) is 0 Å². The van der Waals surface area contributed by atoms with Crippen LogP contribution in [0, 0.1) is 0 Å². The van der Waals surface area contributed by atoms with Crippen LogP contribution in [0.15, 0.2) is 18.3 Å². The fraction of sp³-hybridized carbons (Fsp3) is 0.600. The van der Waals surface area contributed by atoms with E-state index in [1.807, 2.05) is 0 Å². The van der Waals surface area contributed by atoms with Crippen LogP contribution in [-0.2, 0) is 13.0 Å². The minimum absolute atomic E-state index is 1.10. The van der Waals surface area contributed by atoms with Gasteiger partial charge in [0, 0.05) is 18.4 Å². The molecule has 0 atom stereocenters. The van der Waals surface area contributed by atoms with Crippen LogP contribution in [-0.4, -0.2) is 4.57 Å². The van der Waals surface area contributed by atoms with Crippen molar-refractivity contribution in [1.29, 1.82) is 0 Å². The van der Waals surface area contributed by atoms with Gasteiger partial charge in [-0.15, -0.1) is 0 Å². The molecule has 1 heterocycles. The summed E-state index contributed by atoms with van der Waals surface area (Å²) in [4.78, 5) is 0. The van der Waals surface area contributed by atoms with Crippen LogP contribution in [0.2, 0.25) is 0 Å². The van der Waals surface area contributed by atoms with Gasteiger partial charge in [0.25, 0.3) is 0 Å². The van der Waals surface area contributed by atoms with Gasteiger partial charge in [0.1, 0.15) is 0 Å². The lowest BCUT2D eigenvalue weighted by Gasteiger charge is -2.04. The highest BCUT2D eigenvalue weighted by molar-refractivity contribution is 5.06. The summed E-state index contributed by atoms with van der Waals surface area (Å²) in [5.41, 5.74) is 1.48. The van der Waals surface area contributed by atoms with E-state index < -0.39 is 0 Å². The van der Waals surface area contributed by atoms with Crippen molar-refractivity contribution >= 4 is 0 Å². The molecule has 0 spiro atoms. The molecule has 1 nitrogen and oxygen atoms in total. The van der Waals surface area contributed by atoms with Gasteiger partial charge in [-0.1, -0.05) is 13.3 Å². The van der Waals surface area contributed by atoms with Gasteiger partial charge in [-0.3, -0.25) is 0 Å². The molecule has 0 aliphatic rings. The monoisotopic (exact) mass is 151 g/mol.